The van der Waals surface area contributed by atoms with Gasteiger partial charge in [0.2, 0.25) is 0 Å². The van der Waals surface area contributed by atoms with Crippen LogP contribution in [-0.2, 0) is 14.3 Å². The van der Waals surface area contributed by atoms with Gasteiger partial charge in [-0.3, -0.25) is 14.4 Å². The van der Waals surface area contributed by atoms with E-state index in [1.807, 2.05) is 36.4 Å². The molecule has 31 heavy (non-hydrogen) atoms. The molecular formula is C23H22N2O6. The van der Waals surface area contributed by atoms with Crippen molar-refractivity contribution in [1.82, 2.24) is 5.32 Å². The van der Waals surface area contributed by atoms with Gasteiger partial charge in [0.1, 0.15) is 18.0 Å². The summed E-state index contributed by atoms with van der Waals surface area (Å²) in [5.41, 5.74) is 0.886. The standard InChI is InChI=1S/C23H22N2O6/c1-29-17-10-16(11-18(12-17)30-2)23(28)24-13-22(27)31-14-21(26)25-20-9-5-7-15-6-3-4-8-19(15)20/h3-12H,13-14H2,1-2H3,(H,24,28)(H,25,26). The summed E-state index contributed by atoms with van der Waals surface area (Å²) in [5, 5.41) is 7.03. The van der Waals surface area contributed by atoms with Crippen LogP contribution < -0.4 is 20.1 Å². The molecule has 3 aromatic rings. The van der Waals surface area contributed by atoms with Crippen LogP contribution in [0.1, 0.15) is 10.4 Å². The average Bonchev–Trinajstić information content (AvgIpc) is 2.81. The Morgan fingerprint density at radius 3 is 2.26 bits per heavy atom. The lowest BCUT2D eigenvalue weighted by atomic mass is 10.1. The Morgan fingerprint density at radius 1 is 0.871 bits per heavy atom. The zero-order valence-corrected chi connectivity index (χ0v) is 17.1. The summed E-state index contributed by atoms with van der Waals surface area (Å²) in [6.07, 6.45) is 0. The minimum Gasteiger partial charge on any atom is -0.497 e. The van der Waals surface area contributed by atoms with E-state index in [9.17, 15) is 14.4 Å². The van der Waals surface area contributed by atoms with Gasteiger partial charge in [-0.15, -0.1) is 0 Å². The SMILES string of the molecule is COc1cc(OC)cc(C(=O)NCC(=O)OCC(=O)Nc2cccc3ccccc23)c1. The number of hydrogen-bond donors (Lipinski definition) is 2. The first kappa shape index (κ1) is 21.6. The third kappa shape index (κ3) is 5.72. The molecule has 2 N–H and O–H groups in total. The topological polar surface area (TPSA) is 103 Å². The van der Waals surface area contributed by atoms with Gasteiger partial charge in [-0.1, -0.05) is 36.4 Å². The van der Waals surface area contributed by atoms with Crippen molar-refractivity contribution in [2.24, 2.45) is 0 Å². The van der Waals surface area contributed by atoms with Gasteiger partial charge in [-0.2, -0.15) is 0 Å². The van der Waals surface area contributed by atoms with Crippen molar-refractivity contribution in [3.8, 4) is 11.5 Å². The molecule has 0 spiro atoms. The molecule has 0 radical (unpaired) electrons. The number of benzene rings is 3. The maximum Gasteiger partial charge on any atom is 0.325 e. The van der Waals surface area contributed by atoms with Gasteiger partial charge in [0.05, 0.1) is 14.2 Å². The molecule has 0 saturated carbocycles. The Balaban J connectivity index is 1.50. The molecule has 0 fully saturated rings. The molecule has 0 bridgehead atoms. The van der Waals surface area contributed by atoms with Crippen molar-refractivity contribution in [1.29, 1.82) is 0 Å². The van der Waals surface area contributed by atoms with E-state index in [0.29, 0.717) is 17.2 Å². The highest BCUT2D eigenvalue weighted by Gasteiger charge is 2.13. The smallest absolute Gasteiger partial charge is 0.325 e. The van der Waals surface area contributed by atoms with Crippen molar-refractivity contribution in [2.45, 2.75) is 0 Å². The summed E-state index contributed by atoms with van der Waals surface area (Å²) in [6, 6.07) is 17.8. The normalized spacial score (nSPS) is 10.3. The van der Waals surface area contributed by atoms with E-state index in [1.54, 1.807) is 12.1 Å². The third-order valence-electron chi connectivity index (χ3n) is 4.43. The van der Waals surface area contributed by atoms with Crippen LogP contribution in [0, 0.1) is 0 Å². The Morgan fingerprint density at radius 2 is 1.55 bits per heavy atom. The number of methoxy groups -OCH3 is 2. The average molecular weight is 422 g/mol. The van der Waals surface area contributed by atoms with Crippen molar-refractivity contribution in [2.75, 3.05) is 32.7 Å². The van der Waals surface area contributed by atoms with E-state index in [2.05, 4.69) is 10.6 Å². The quantitative estimate of drug-likeness (QED) is 0.541. The maximum absolute atomic E-state index is 12.3. The fourth-order valence-corrected chi connectivity index (χ4v) is 2.91. The van der Waals surface area contributed by atoms with Gasteiger partial charge in [0.25, 0.3) is 11.8 Å². The molecule has 3 aromatic carbocycles. The number of carbonyl (C=O) groups is 3. The Labute approximate surface area is 179 Å². The summed E-state index contributed by atoms with van der Waals surface area (Å²) in [4.78, 5) is 36.4. The summed E-state index contributed by atoms with van der Waals surface area (Å²) in [5.74, 6) is -0.839. The second-order valence-electron chi connectivity index (χ2n) is 6.52. The molecule has 0 aliphatic heterocycles. The third-order valence-corrected chi connectivity index (χ3v) is 4.43. The largest absolute Gasteiger partial charge is 0.497 e. The molecule has 3 rings (SSSR count). The summed E-state index contributed by atoms with van der Waals surface area (Å²) >= 11 is 0. The first-order valence-electron chi connectivity index (χ1n) is 9.44. The van der Waals surface area contributed by atoms with Gasteiger partial charge in [-0.25, -0.2) is 0 Å². The predicted molar refractivity (Wildman–Crippen MR) is 115 cm³/mol. The van der Waals surface area contributed by atoms with E-state index in [0.717, 1.165) is 10.8 Å². The van der Waals surface area contributed by atoms with Crippen LogP contribution in [0.4, 0.5) is 5.69 Å². The molecule has 160 valence electrons. The molecule has 0 aliphatic rings. The first-order valence-corrected chi connectivity index (χ1v) is 9.44. The lowest BCUT2D eigenvalue weighted by molar-refractivity contribution is -0.146. The number of carbonyl (C=O) groups excluding carboxylic acids is 3. The zero-order valence-electron chi connectivity index (χ0n) is 17.1. The van der Waals surface area contributed by atoms with Crippen LogP contribution in [0.2, 0.25) is 0 Å². The molecule has 8 nitrogen and oxygen atoms in total. The number of nitrogens with one attached hydrogen (secondary N) is 2. The molecule has 0 aromatic heterocycles. The van der Waals surface area contributed by atoms with Crippen molar-refractivity contribution in [3.63, 3.8) is 0 Å². The number of ether oxygens (including phenoxy) is 3. The summed E-state index contributed by atoms with van der Waals surface area (Å²) in [7, 11) is 2.94. The highest BCUT2D eigenvalue weighted by atomic mass is 16.5. The van der Waals surface area contributed by atoms with E-state index >= 15 is 0 Å². The number of rotatable bonds is 8. The maximum atomic E-state index is 12.3. The van der Waals surface area contributed by atoms with E-state index in [1.165, 1.54) is 26.4 Å². The van der Waals surface area contributed by atoms with E-state index < -0.39 is 24.4 Å². The van der Waals surface area contributed by atoms with E-state index in [-0.39, 0.29) is 12.1 Å². The van der Waals surface area contributed by atoms with Gasteiger partial charge in [0.15, 0.2) is 6.61 Å². The van der Waals surface area contributed by atoms with Crippen LogP contribution in [0.15, 0.2) is 60.7 Å². The molecule has 0 heterocycles. The first-order chi connectivity index (χ1) is 15.0. The van der Waals surface area contributed by atoms with Crippen molar-refractivity contribution >= 4 is 34.2 Å². The van der Waals surface area contributed by atoms with Gasteiger partial charge in [0, 0.05) is 22.7 Å². The van der Waals surface area contributed by atoms with Crippen LogP contribution >= 0.6 is 0 Å². The van der Waals surface area contributed by atoms with Crippen molar-refractivity contribution in [3.05, 3.63) is 66.2 Å². The Kier molecular flexibility index (Phi) is 7.05. The number of anilines is 1. The monoisotopic (exact) mass is 422 g/mol. The summed E-state index contributed by atoms with van der Waals surface area (Å²) < 4.78 is 15.2. The molecular weight excluding hydrogens is 400 g/mol. The molecule has 0 saturated heterocycles. The number of esters is 1. The fraction of sp³-hybridized carbons (Fsp3) is 0.174. The number of amides is 2. The molecule has 0 unspecified atom stereocenters. The Bertz CT molecular complexity index is 1080. The molecule has 0 aliphatic carbocycles. The Hall–Kier alpha value is -4.07. The van der Waals surface area contributed by atoms with Gasteiger partial charge >= 0.3 is 5.97 Å². The van der Waals surface area contributed by atoms with Crippen LogP contribution in [0.25, 0.3) is 10.8 Å². The minimum absolute atomic E-state index is 0.262. The lowest BCUT2D eigenvalue weighted by Gasteiger charge is -2.10. The predicted octanol–water partition coefficient (Wildman–Crippen LogP) is 2.77. The summed E-state index contributed by atoms with van der Waals surface area (Å²) in [6.45, 7) is -0.856. The van der Waals surface area contributed by atoms with Crippen LogP contribution in [0.5, 0.6) is 11.5 Å². The number of hydrogen-bond acceptors (Lipinski definition) is 6. The van der Waals surface area contributed by atoms with Crippen LogP contribution in [0.3, 0.4) is 0 Å². The van der Waals surface area contributed by atoms with Gasteiger partial charge in [-0.05, 0) is 23.6 Å². The number of fused-ring (bicyclic) bond motifs is 1. The second-order valence-corrected chi connectivity index (χ2v) is 6.52. The minimum atomic E-state index is -0.740. The van der Waals surface area contributed by atoms with E-state index in [4.69, 9.17) is 14.2 Å². The highest BCUT2D eigenvalue weighted by Crippen LogP contribution is 2.23. The lowest BCUT2D eigenvalue weighted by Crippen LogP contribution is -2.32. The molecule has 2 amide bonds. The van der Waals surface area contributed by atoms with Crippen molar-refractivity contribution < 1.29 is 28.6 Å². The van der Waals surface area contributed by atoms with Gasteiger partial charge < -0.3 is 24.8 Å². The highest BCUT2D eigenvalue weighted by molar-refractivity contribution is 6.03. The molecule has 8 heteroatoms. The molecule has 0 atom stereocenters. The second kappa shape index (κ2) is 10.1. The zero-order chi connectivity index (χ0) is 22.2. The van der Waals surface area contributed by atoms with Crippen LogP contribution in [-0.4, -0.2) is 45.2 Å². The fourth-order valence-electron chi connectivity index (χ4n) is 2.91.